The lowest BCUT2D eigenvalue weighted by Gasteiger charge is -2.26. The first-order valence-electron chi connectivity index (χ1n) is 11.0. The van der Waals surface area contributed by atoms with Gasteiger partial charge in [-0.1, -0.05) is 11.6 Å². The minimum absolute atomic E-state index is 0.0386. The van der Waals surface area contributed by atoms with Gasteiger partial charge in [-0.3, -0.25) is 13.9 Å². The van der Waals surface area contributed by atoms with Crippen LogP contribution in [0.4, 0.5) is 21.6 Å². The van der Waals surface area contributed by atoms with Crippen molar-refractivity contribution in [3.8, 4) is 0 Å². The van der Waals surface area contributed by atoms with Crippen LogP contribution in [0.1, 0.15) is 35.1 Å². The molecule has 1 saturated heterocycles. The molecule has 0 saturated carbocycles. The molecule has 1 atom stereocenters. The zero-order chi connectivity index (χ0) is 25.4. The van der Waals surface area contributed by atoms with E-state index in [1.807, 2.05) is 4.90 Å². The molecule has 5 rings (SSSR count). The summed E-state index contributed by atoms with van der Waals surface area (Å²) >= 11 is 6.12. The Kier molecular flexibility index (Phi) is 6.22. The van der Waals surface area contributed by atoms with Crippen LogP contribution in [0.5, 0.6) is 0 Å². The molecular weight excluding hydrogens is 509 g/mol. The maximum atomic E-state index is 14.6. The number of rotatable bonds is 6. The predicted molar refractivity (Wildman–Crippen MR) is 134 cm³/mol. The van der Waals surface area contributed by atoms with Gasteiger partial charge in [0.1, 0.15) is 11.6 Å². The quantitative estimate of drug-likeness (QED) is 0.388. The van der Waals surface area contributed by atoms with Gasteiger partial charge in [-0.25, -0.2) is 17.8 Å². The van der Waals surface area contributed by atoms with Gasteiger partial charge in [0.2, 0.25) is 15.8 Å². The minimum atomic E-state index is -3.41. The van der Waals surface area contributed by atoms with Crippen molar-refractivity contribution in [2.75, 3.05) is 27.7 Å². The summed E-state index contributed by atoms with van der Waals surface area (Å²) in [6.45, 7) is 0.659. The van der Waals surface area contributed by atoms with E-state index in [-0.39, 0.29) is 17.7 Å². The molecule has 186 valence electrons. The molecule has 0 unspecified atom stereocenters. The summed E-state index contributed by atoms with van der Waals surface area (Å²) < 4.78 is 41.2. The lowest BCUT2D eigenvalue weighted by Crippen LogP contribution is -2.25. The summed E-state index contributed by atoms with van der Waals surface area (Å²) in [6.07, 6.45) is 5.80. The Morgan fingerprint density at radius 3 is 2.64 bits per heavy atom. The SMILES string of the molecule is CS(=O)(=O)Nc1ccc(NC(=O)c2nnc3cnc(N4CCC[C@@H]4c4cc(Cl)ccc4F)cn23)cc1. The number of halogens is 2. The molecule has 0 spiro atoms. The van der Waals surface area contributed by atoms with Crippen molar-refractivity contribution < 1.29 is 17.6 Å². The highest BCUT2D eigenvalue weighted by Gasteiger charge is 2.30. The van der Waals surface area contributed by atoms with Crippen LogP contribution in [0, 0.1) is 5.82 Å². The Hall–Kier alpha value is -3.77. The molecule has 0 bridgehead atoms. The van der Waals surface area contributed by atoms with Crippen LogP contribution in [-0.4, -0.2) is 46.7 Å². The van der Waals surface area contributed by atoms with Gasteiger partial charge in [0.15, 0.2) is 5.65 Å². The van der Waals surface area contributed by atoms with Gasteiger partial charge in [-0.2, -0.15) is 0 Å². The van der Waals surface area contributed by atoms with Crippen molar-refractivity contribution in [2.24, 2.45) is 0 Å². The summed E-state index contributed by atoms with van der Waals surface area (Å²) in [6, 6.07) is 10.4. The van der Waals surface area contributed by atoms with E-state index in [1.54, 1.807) is 24.4 Å². The highest BCUT2D eigenvalue weighted by Crippen LogP contribution is 2.37. The van der Waals surface area contributed by atoms with Crippen molar-refractivity contribution >= 4 is 50.4 Å². The van der Waals surface area contributed by atoms with Gasteiger partial charge in [-0.15, -0.1) is 10.2 Å². The van der Waals surface area contributed by atoms with E-state index < -0.39 is 15.9 Å². The molecule has 1 fully saturated rings. The first-order valence-corrected chi connectivity index (χ1v) is 13.3. The lowest BCUT2D eigenvalue weighted by atomic mass is 10.0. The fraction of sp³-hybridized carbons (Fsp3) is 0.217. The van der Waals surface area contributed by atoms with Crippen LogP contribution in [0.25, 0.3) is 5.65 Å². The maximum Gasteiger partial charge on any atom is 0.293 e. The second-order valence-electron chi connectivity index (χ2n) is 8.42. The number of sulfonamides is 1. The van der Waals surface area contributed by atoms with Crippen molar-refractivity contribution in [3.63, 3.8) is 0 Å². The van der Waals surface area contributed by atoms with Crippen LogP contribution >= 0.6 is 11.6 Å². The third kappa shape index (κ3) is 4.95. The smallest absolute Gasteiger partial charge is 0.293 e. The Balaban J connectivity index is 1.40. The maximum absolute atomic E-state index is 14.6. The van der Waals surface area contributed by atoms with Gasteiger partial charge in [0, 0.05) is 28.5 Å². The largest absolute Gasteiger partial charge is 0.348 e. The summed E-state index contributed by atoms with van der Waals surface area (Å²) in [5, 5.41) is 11.2. The molecule has 1 aliphatic rings. The highest BCUT2D eigenvalue weighted by molar-refractivity contribution is 7.92. The number of fused-ring (bicyclic) bond motifs is 1. The molecule has 0 aliphatic carbocycles. The third-order valence-corrected chi connectivity index (χ3v) is 6.63. The van der Waals surface area contributed by atoms with Crippen LogP contribution in [-0.2, 0) is 10.0 Å². The Bertz CT molecular complexity index is 1560. The summed E-state index contributed by atoms with van der Waals surface area (Å²) in [5.41, 5.74) is 1.69. The molecule has 0 radical (unpaired) electrons. The predicted octanol–water partition coefficient (Wildman–Crippen LogP) is 3.88. The average Bonchev–Trinajstić information content (AvgIpc) is 3.48. The van der Waals surface area contributed by atoms with Gasteiger partial charge < -0.3 is 10.2 Å². The number of amides is 1. The van der Waals surface area contributed by atoms with E-state index in [0.717, 1.165) is 19.1 Å². The molecule has 2 aromatic carbocycles. The van der Waals surface area contributed by atoms with E-state index in [2.05, 4.69) is 25.2 Å². The van der Waals surface area contributed by atoms with Gasteiger partial charge >= 0.3 is 0 Å². The van der Waals surface area contributed by atoms with Gasteiger partial charge in [-0.05, 0) is 55.3 Å². The van der Waals surface area contributed by atoms with Gasteiger partial charge in [0.05, 0.1) is 24.7 Å². The normalized spacial score (nSPS) is 15.9. The number of hydrogen-bond donors (Lipinski definition) is 2. The fourth-order valence-electron chi connectivity index (χ4n) is 4.25. The summed E-state index contributed by atoms with van der Waals surface area (Å²) in [5.74, 6) is -0.257. The van der Waals surface area contributed by atoms with E-state index in [4.69, 9.17) is 11.6 Å². The number of aromatic nitrogens is 4. The molecule has 3 heterocycles. The van der Waals surface area contributed by atoms with Crippen LogP contribution in [0.15, 0.2) is 54.9 Å². The molecule has 36 heavy (non-hydrogen) atoms. The van der Waals surface area contributed by atoms with Crippen LogP contribution in [0.3, 0.4) is 0 Å². The summed E-state index contributed by atoms with van der Waals surface area (Å²) in [4.78, 5) is 19.4. The average molecular weight is 530 g/mol. The number of benzene rings is 2. The molecule has 1 amide bonds. The number of hydrogen-bond acceptors (Lipinski definition) is 7. The standard InChI is InChI=1S/C23H21ClFN7O3S/c1-36(34,35)30-16-7-5-15(6-8-16)27-23(33)22-29-28-20-12-26-21(13-32(20)22)31-10-2-3-19(31)17-11-14(24)4-9-18(17)25/h4-9,11-13,19,30H,2-3,10H2,1H3,(H,27,33)/t19-/m1/s1. The second kappa shape index (κ2) is 9.36. The number of nitrogens with one attached hydrogen (secondary N) is 2. The molecule has 4 aromatic rings. The number of nitrogens with zero attached hydrogens (tertiary/aromatic N) is 5. The highest BCUT2D eigenvalue weighted by atomic mass is 35.5. The van der Waals surface area contributed by atoms with E-state index in [0.29, 0.717) is 40.0 Å². The van der Waals surface area contributed by atoms with E-state index >= 15 is 0 Å². The van der Waals surface area contributed by atoms with E-state index in [9.17, 15) is 17.6 Å². The second-order valence-corrected chi connectivity index (χ2v) is 10.6. The van der Waals surface area contributed by atoms with E-state index in [1.165, 1.54) is 34.9 Å². The van der Waals surface area contributed by atoms with Crippen molar-refractivity contribution in [1.82, 2.24) is 19.6 Å². The topological polar surface area (TPSA) is 122 Å². The van der Waals surface area contributed by atoms with Crippen LogP contribution < -0.4 is 14.9 Å². The van der Waals surface area contributed by atoms with Crippen LogP contribution in [0.2, 0.25) is 5.02 Å². The number of carbonyl (C=O) groups is 1. The summed E-state index contributed by atoms with van der Waals surface area (Å²) in [7, 11) is -3.41. The molecule has 2 N–H and O–H groups in total. The van der Waals surface area contributed by atoms with Crippen molar-refractivity contribution in [1.29, 1.82) is 0 Å². The molecule has 10 nitrogen and oxygen atoms in total. The van der Waals surface area contributed by atoms with Crippen molar-refractivity contribution in [3.05, 3.63) is 77.1 Å². The van der Waals surface area contributed by atoms with Crippen molar-refractivity contribution in [2.45, 2.75) is 18.9 Å². The Labute approximate surface area is 211 Å². The van der Waals surface area contributed by atoms with Gasteiger partial charge in [0.25, 0.3) is 5.91 Å². The zero-order valence-corrected chi connectivity index (χ0v) is 20.6. The monoisotopic (exact) mass is 529 g/mol. The first-order chi connectivity index (χ1) is 17.2. The molecule has 13 heteroatoms. The Morgan fingerprint density at radius 1 is 1.14 bits per heavy atom. The lowest BCUT2D eigenvalue weighted by molar-refractivity contribution is 0.101. The molecule has 2 aromatic heterocycles. The Morgan fingerprint density at radius 2 is 1.89 bits per heavy atom. The molecule has 1 aliphatic heterocycles. The minimum Gasteiger partial charge on any atom is -0.348 e. The number of anilines is 3. The number of carbonyl (C=O) groups excluding carboxylic acids is 1. The third-order valence-electron chi connectivity index (χ3n) is 5.79. The first kappa shape index (κ1) is 23.9. The zero-order valence-electron chi connectivity index (χ0n) is 19.0. The molecular formula is C23H21ClFN7O3S. The fourth-order valence-corrected chi connectivity index (χ4v) is 5.00.